The Morgan fingerprint density at radius 2 is 2.15 bits per heavy atom. The molecule has 108 valence electrons. The van der Waals surface area contributed by atoms with Crippen molar-refractivity contribution in [3.63, 3.8) is 0 Å². The summed E-state index contributed by atoms with van der Waals surface area (Å²) in [5.41, 5.74) is -0.795. The second kappa shape index (κ2) is 5.94. The Balaban J connectivity index is 3.20. The third-order valence-electron chi connectivity index (χ3n) is 2.80. The fourth-order valence-corrected chi connectivity index (χ4v) is 2.83. The number of halogens is 1. The molecule has 0 spiro atoms. The number of sulfonamides is 1. The molecule has 0 N–H and O–H groups in total. The maximum Gasteiger partial charge on any atom is 0.304 e. The Hall–Kier alpha value is -2.05. The van der Waals surface area contributed by atoms with Crippen LogP contribution in [0.5, 0.6) is 0 Å². The van der Waals surface area contributed by atoms with Crippen molar-refractivity contribution in [1.82, 2.24) is 4.31 Å². The van der Waals surface area contributed by atoms with Gasteiger partial charge in [0, 0.05) is 25.2 Å². The van der Waals surface area contributed by atoms with E-state index >= 15 is 0 Å². The van der Waals surface area contributed by atoms with Crippen LogP contribution in [0.25, 0.3) is 0 Å². The van der Waals surface area contributed by atoms with Gasteiger partial charge in [-0.05, 0) is 13.0 Å². The van der Waals surface area contributed by atoms with Crippen LogP contribution in [-0.2, 0) is 10.0 Å². The van der Waals surface area contributed by atoms with E-state index in [1.165, 1.54) is 14.0 Å². The Labute approximate surface area is 115 Å². The SMILES string of the molecule is CC(CC#N)N(C)S(=O)(=O)c1ccc([N+](=O)[O-])c(F)c1. The van der Waals surface area contributed by atoms with Gasteiger partial charge in [0.05, 0.1) is 22.3 Å². The van der Waals surface area contributed by atoms with Crippen molar-refractivity contribution >= 4 is 15.7 Å². The summed E-state index contributed by atoms with van der Waals surface area (Å²) in [4.78, 5) is 9.15. The number of rotatable bonds is 5. The van der Waals surface area contributed by atoms with Gasteiger partial charge in [-0.2, -0.15) is 14.0 Å². The van der Waals surface area contributed by atoms with Crippen LogP contribution in [0.2, 0.25) is 0 Å². The molecule has 1 atom stereocenters. The fourth-order valence-electron chi connectivity index (χ4n) is 1.46. The minimum Gasteiger partial charge on any atom is -0.258 e. The molecule has 0 bridgehead atoms. The first-order valence-corrected chi connectivity index (χ1v) is 6.94. The highest BCUT2D eigenvalue weighted by Gasteiger charge is 2.27. The van der Waals surface area contributed by atoms with E-state index in [9.17, 15) is 22.9 Å². The number of nitro groups is 1. The van der Waals surface area contributed by atoms with Crippen LogP contribution in [0.4, 0.5) is 10.1 Å². The zero-order valence-corrected chi connectivity index (χ0v) is 11.6. The summed E-state index contributed by atoms with van der Waals surface area (Å²) in [6, 6.07) is 3.60. The van der Waals surface area contributed by atoms with Crippen LogP contribution < -0.4 is 0 Å². The summed E-state index contributed by atoms with van der Waals surface area (Å²) in [6.45, 7) is 1.53. The van der Waals surface area contributed by atoms with Gasteiger partial charge >= 0.3 is 5.69 Å². The molecule has 0 saturated heterocycles. The smallest absolute Gasteiger partial charge is 0.258 e. The van der Waals surface area contributed by atoms with Gasteiger partial charge in [-0.25, -0.2) is 8.42 Å². The molecule has 0 aliphatic rings. The number of hydrogen-bond donors (Lipinski definition) is 0. The summed E-state index contributed by atoms with van der Waals surface area (Å²) >= 11 is 0. The molecule has 0 heterocycles. The maximum atomic E-state index is 13.5. The minimum atomic E-state index is -4.01. The van der Waals surface area contributed by atoms with Crippen LogP contribution in [0.15, 0.2) is 23.1 Å². The van der Waals surface area contributed by atoms with Crippen molar-refractivity contribution in [2.45, 2.75) is 24.3 Å². The van der Waals surface area contributed by atoms with Gasteiger partial charge in [-0.15, -0.1) is 0 Å². The van der Waals surface area contributed by atoms with E-state index in [1.807, 2.05) is 6.07 Å². The lowest BCUT2D eigenvalue weighted by Gasteiger charge is -2.22. The second-order valence-corrected chi connectivity index (χ2v) is 6.10. The molecule has 1 rings (SSSR count). The quantitative estimate of drug-likeness (QED) is 0.607. The zero-order chi connectivity index (χ0) is 15.5. The molecule has 20 heavy (non-hydrogen) atoms. The lowest BCUT2D eigenvalue weighted by molar-refractivity contribution is -0.387. The highest BCUT2D eigenvalue weighted by Crippen LogP contribution is 2.23. The van der Waals surface area contributed by atoms with Crippen molar-refractivity contribution in [3.8, 4) is 6.07 Å². The lowest BCUT2D eigenvalue weighted by Crippen LogP contribution is -2.34. The predicted octanol–water partition coefficient (Wildman–Crippen LogP) is 1.66. The second-order valence-electron chi connectivity index (χ2n) is 4.10. The third-order valence-corrected chi connectivity index (χ3v) is 4.77. The summed E-state index contributed by atoms with van der Waals surface area (Å²) in [6.07, 6.45) is -0.0226. The van der Waals surface area contributed by atoms with Crippen LogP contribution in [-0.4, -0.2) is 30.7 Å². The molecule has 0 saturated carbocycles. The van der Waals surface area contributed by atoms with Gasteiger partial charge in [0.15, 0.2) is 0 Å². The van der Waals surface area contributed by atoms with E-state index in [2.05, 4.69) is 0 Å². The van der Waals surface area contributed by atoms with E-state index in [1.54, 1.807) is 0 Å². The zero-order valence-electron chi connectivity index (χ0n) is 10.8. The summed E-state index contributed by atoms with van der Waals surface area (Å²) in [5.74, 6) is -1.22. The van der Waals surface area contributed by atoms with E-state index < -0.39 is 37.4 Å². The van der Waals surface area contributed by atoms with Gasteiger partial charge in [-0.3, -0.25) is 10.1 Å². The number of nitrogens with zero attached hydrogens (tertiary/aromatic N) is 3. The van der Waals surface area contributed by atoms with E-state index in [0.29, 0.717) is 6.07 Å². The molecule has 0 amide bonds. The predicted molar refractivity (Wildman–Crippen MR) is 67.7 cm³/mol. The van der Waals surface area contributed by atoms with E-state index in [4.69, 9.17) is 5.26 Å². The molecule has 9 heteroatoms. The molecule has 0 aliphatic heterocycles. The molecule has 0 aromatic heterocycles. The summed E-state index contributed by atoms with van der Waals surface area (Å²) in [5, 5.41) is 19.0. The topological polar surface area (TPSA) is 104 Å². The van der Waals surface area contributed by atoms with Crippen molar-refractivity contribution in [2.75, 3.05) is 7.05 Å². The van der Waals surface area contributed by atoms with E-state index in [0.717, 1.165) is 16.4 Å². The van der Waals surface area contributed by atoms with Crippen molar-refractivity contribution in [1.29, 1.82) is 5.26 Å². The first-order chi connectivity index (χ1) is 9.21. The van der Waals surface area contributed by atoms with Crippen molar-refractivity contribution < 1.29 is 17.7 Å². The van der Waals surface area contributed by atoms with Gasteiger partial charge in [0.1, 0.15) is 0 Å². The standard InChI is InChI=1S/C11H12FN3O4S/c1-8(5-6-13)14(2)20(18,19)9-3-4-11(15(16)17)10(12)7-9/h3-4,7-8H,5H2,1-2H3. The molecule has 1 unspecified atom stereocenters. The Morgan fingerprint density at radius 1 is 1.55 bits per heavy atom. The van der Waals surface area contributed by atoms with Gasteiger partial charge in [-0.1, -0.05) is 0 Å². The van der Waals surface area contributed by atoms with Crippen LogP contribution >= 0.6 is 0 Å². The van der Waals surface area contributed by atoms with Gasteiger partial charge in [0.2, 0.25) is 15.8 Å². The Morgan fingerprint density at radius 3 is 2.60 bits per heavy atom. The monoisotopic (exact) mass is 301 g/mol. The Kier molecular flexibility index (Phi) is 4.75. The largest absolute Gasteiger partial charge is 0.304 e. The molecular formula is C11H12FN3O4S. The molecule has 7 nitrogen and oxygen atoms in total. The normalized spacial score (nSPS) is 12.9. The fraction of sp³-hybridized carbons (Fsp3) is 0.364. The number of hydrogen-bond acceptors (Lipinski definition) is 5. The first-order valence-electron chi connectivity index (χ1n) is 5.50. The number of nitriles is 1. The molecule has 1 aromatic carbocycles. The average Bonchev–Trinajstić information content (AvgIpc) is 2.37. The number of nitro benzene ring substituents is 1. The van der Waals surface area contributed by atoms with Crippen LogP contribution in [0.1, 0.15) is 13.3 Å². The number of benzene rings is 1. The molecule has 0 aliphatic carbocycles. The highest BCUT2D eigenvalue weighted by atomic mass is 32.2. The lowest BCUT2D eigenvalue weighted by atomic mass is 10.3. The Bertz CT molecular complexity index is 669. The highest BCUT2D eigenvalue weighted by molar-refractivity contribution is 7.89. The maximum absolute atomic E-state index is 13.5. The van der Waals surface area contributed by atoms with Crippen LogP contribution in [0, 0.1) is 27.3 Å². The first kappa shape index (κ1) is 16.0. The summed E-state index contributed by atoms with van der Waals surface area (Å²) in [7, 11) is -2.75. The minimum absolute atomic E-state index is 0.0226. The van der Waals surface area contributed by atoms with Crippen molar-refractivity contribution in [3.05, 3.63) is 34.1 Å². The van der Waals surface area contributed by atoms with E-state index in [-0.39, 0.29) is 6.42 Å². The third kappa shape index (κ3) is 3.09. The van der Waals surface area contributed by atoms with Crippen molar-refractivity contribution in [2.24, 2.45) is 0 Å². The van der Waals surface area contributed by atoms with Gasteiger partial charge in [0.25, 0.3) is 0 Å². The molecule has 1 aromatic rings. The average molecular weight is 301 g/mol. The summed E-state index contributed by atoms with van der Waals surface area (Å²) < 4.78 is 38.7. The molecular weight excluding hydrogens is 289 g/mol. The van der Waals surface area contributed by atoms with Crippen LogP contribution in [0.3, 0.4) is 0 Å². The molecule has 0 radical (unpaired) electrons. The van der Waals surface area contributed by atoms with Gasteiger partial charge < -0.3 is 0 Å². The molecule has 0 fully saturated rings.